The summed E-state index contributed by atoms with van der Waals surface area (Å²) in [6, 6.07) is 4.45. The first-order valence-electron chi connectivity index (χ1n) is 6.29. The number of oxazole rings is 1. The molecule has 0 bridgehead atoms. The molecule has 0 radical (unpaired) electrons. The van der Waals surface area contributed by atoms with Gasteiger partial charge in [-0.25, -0.2) is 9.37 Å². The van der Waals surface area contributed by atoms with E-state index in [-0.39, 0.29) is 5.82 Å². The second kappa shape index (κ2) is 5.04. The van der Waals surface area contributed by atoms with E-state index in [2.05, 4.69) is 15.2 Å². The molecule has 0 unspecified atom stereocenters. The monoisotopic (exact) mass is 249 g/mol. The maximum atomic E-state index is 13.1. The van der Waals surface area contributed by atoms with Gasteiger partial charge in [-0.15, -0.1) is 0 Å². The molecule has 0 aliphatic carbocycles. The highest BCUT2D eigenvalue weighted by Gasteiger charge is 2.13. The molecular weight excluding hydrogens is 233 g/mol. The first-order chi connectivity index (χ1) is 8.81. The number of aromatic nitrogens is 1. The van der Waals surface area contributed by atoms with E-state index in [1.54, 1.807) is 6.07 Å². The molecule has 0 amide bonds. The second-order valence-corrected chi connectivity index (χ2v) is 4.60. The highest BCUT2D eigenvalue weighted by Crippen LogP contribution is 2.17. The number of nitrogens with one attached hydrogen (secondary N) is 1. The van der Waals surface area contributed by atoms with Gasteiger partial charge in [0, 0.05) is 19.2 Å². The second-order valence-electron chi connectivity index (χ2n) is 4.60. The summed E-state index contributed by atoms with van der Waals surface area (Å²) in [4.78, 5) is 6.69. The normalized spacial score (nSPS) is 18.1. The van der Waals surface area contributed by atoms with E-state index in [0.717, 1.165) is 38.1 Å². The number of nitrogens with zero attached hydrogens (tertiary/aromatic N) is 2. The van der Waals surface area contributed by atoms with Gasteiger partial charge in [0.2, 0.25) is 5.89 Å². The van der Waals surface area contributed by atoms with Crippen molar-refractivity contribution >= 4 is 11.1 Å². The number of hydrogen-bond acceptors (Lipinski definition) is 4. The van der Waals surface area contributed by atoms with Crippen LogP contribution in [0.2, 0.25) is 0 Å². The summed E-state index contributed by atoms with van der Waals surface area (Å²) in [5.74, 6) is 0.377. The number of rotatable bonds is 2. The lowest BCUT2D eigenvalue weighted by Gasteiger charge is -2.16. The molecule has 4 nitrogen and oxygen atoms in total. The van der Waals surface area contributed by atoms with Crippen molar-refractivity contribution < 1.29 is 8.81 Å². The Morgan fingerprint density at radius 2 is 2.28 bits per heavy atom. The van der Waals surface area contributed by atoms with Crippen molar-refractivity contribution in [2.45, 2.75) is 13.0 Å². The van der Waals surface area contributed by atoms with E-state index in [1.807, 2.05) is 0 Å². The molecular formula is C13H16FN3O. The van der Waals surface area contributed by atoms with Crippen LogP contribution < -0.4 is 5.32 Å². The summed E-state index contributed by atoms with van der Waals surface area (Å²) in [5.41, 5.74) is 1.25. The highest BCUT2D eigenvalue weighted by atomic mass is 19.1. The summed E-state index contributed by atoms with van der Waals surface area (Å²) in [5, 5.41) is 3.35. The number of halogens is 1. The third-order valence-corrected chi connectivity index (χ3v) is 3.19. The fourth-order valence-electron chi connectivity index (χ4n) is 2.26. The van der Waals surface area contributed by atoms with Gasteiger partial charge >= 0.3 is 0 Å². The number of hydrogen-bond donors (Lipinski definition) is 1. The molecule has 0 atom stereocenters. The van der Waals surface area contributed by atoms with E-state index in [0.29, 0.717) is 18.0 Å². The van der Waals surface area contributed by atoms with Crippen LogP contribution in [0, 0.1) is 5.82 Å². The Kier molecular flexibility index (Phi) is 3.25. The largest absolute Gasteiger partial charge is 0.439 e. The van der Waals surface area contributed by atoms with Crippen LogP contribution in [-0.2, 0) is 6.54 Å². The summed E-state index contributed by atoms with van der Waals surface area (Å²) in [7, 11) is 0. The Labute approximate surface area is 105 Å². The lowest BCUT2D eigenvalue weighted by Crippen LogP contribution is -2.27. The molecule has 1 aromatic carbocycles. The van der Waals surface area contributed by atoms with Crippen molar-refractivity contribution in [1.29, 1.82) is 0 Å². The summed E-state index contributed by atoms with van der Waals surface area (Å²) < 4.78 is 18.6. The van der Waals surface area contributed by atoms with E-state index in [4.69, 9.17) is 4.42 Å². The van der Waals surface area contributed by atoms with Crippen molar-refractivity contribution in [1.82, 2.24) is 15.2 Å². The Morgan fingerprint density at radius 1 is 1.33 bits per heavy atom. The average molecular weight is 249 g/mol. The van der Waals surface area contributed by atoms with Gasteiger partial charge in [0.1, 0.15) is 11.3 Å². The van der Waals surface area contributed by atoms with Gasteiger partial charge in [0.25, 0.3) is 0 Å². The minimum atomic E-state index is -0.288. The zero-order valence-corrected chi connectivity index (χ0v) is 10.2. The maximum Gasteiger partial charge on any atom is 0.209 e. The van der Waals surface area contributed by atoms with Gasteiger partial charge in [0.15, 0.2) is 5.58 Å². The van der Waals surface area contributed by atoms with Crippen LogP contribution in [0.1, 0.15) is 12.3 Å². The molecule has 1 N–H and O–H groups in total. The Bertz CT molecular complexity index is 532. The molecule has 0 saturated carbocycles. The van der Waals surface area contributed by atoms with Crippen LogP contribution in [0.4, 0.5) is 4.39 Å². The zero-order chi connectivity index (χ0) is 12.4. The smallest absolute Gasteiger partial charge is 0.209 e. The van der Waals surface area contributed by atoms with Gasteiger partial charge in [-0.2, -0.15) is 0 Å². The van der Waals surface area contributed by atoms with Crippen molar-refractivity contribution in [2.24, 2.45) is 0 Å². The van der Waals surface area contributed by atoms with Crippen molar-refractivity contribution in [2.75, 3.05) is 26.2 Å². The van der Waals surface area contributed by atoms with Gasteiger partial charge in [-0.05, 0) is 31.6 Å². The van der Waals surface area contributed by atoms with Crippen molar-refractivity contribution in [3.8, 4) is 0 Å². The zero-order valence-electron chi connectivity index (χ0n) is 10.2. The van der Waals surface area contributed by atoms with Crippen LogP contribution in [0.25, 0.3) is 11.1 Å². The SMILES string of the molecule is Fc1ccc2nc(CN3CCCNCC3)oc2c1. The van der Waals surface area contributed by atoms with Gasteiger partial charge in [-0.1, -0.05) is 0 Å². The average Bonchev–Trinajstić information content (AvgIpc) is 2.57. The Morgan fingerprint density at radius 3 is 3.22 bits per heavy atom. The molecule has 1 aromatic heterocycles. The predicted molar refractivity (Wildman–Crippen MR) is 66.7 cm³/mol. The lowest BCUT2D eigenvalue weighted by atomic mass is 10.3. The van der Waals surface area contributed by atoms with E-state index >= 15 is 0 Å². The fourth-order valence-corrected chi connectivity index (χ4v) is 2.26. The molecule has 3 rings (SSSR count). The fraction of sp³-hybridized carbons (Fsp3) is 0.462. The van der Waals surface area contributed by atoms with Crippen LogP contribution in [0.5, 0.6) is 0 Å². The molecule has 2 heterocycles. The third-order valence-electron chi connectivity index (χ3n) is 3.19. The quantitative estimate of drug-likeness (QED) is 0.880. The lowest BCUT2D eigenvalue weighted by molar-refractivity contribution is 0.257. The summed E-state index contributed by atoms with van der Waals surface area (Å²) in [6.07, 6.45) is 1.13. The van der Waals surface area contributed by atoms with Gasteiger partial charge in [-0.3, -0.25) is 4.90 Å². The third kappa shape index (κ3) is 2.52. The number of benzene rings is 1. The molecule has 96 valence electrons. The summed E-state index contributed by atoms with van der Waals surface area (Å²) >= 11 is 0. The first-order valence-corrected chi connectivity index (χ1v) is 6.29. The van der Waals surface area contributed by atoms with E-state index < -0.39 is 0 Å². The predicted octanol–water partition coefficient (Wildman–Crippen LogP) is 1.76. The highest BCUT2D eigenvalue weighted by molar-refractivity contribution is 5.72. The molecule has 2 aromatic rings. The van der Waals surface area contributed by atoms with Crippen LogP contribution >= 0.6 is 0 Å². The van der Waals surface area contributed by atoms with E-state index in [9.17, 15) is 4.39 Å². The van der Waals surface area contributed by atoms with Crippen LogP contribution in [0.15, 0.2) is 22.6 Å². The minimum Gasteiger partial charge on any atom is -0.439 e. The Balaban J connectivity index is 1.77. The molecule has 1 saturated heterocycles. The molecule has 5 heteroatoms. The van der Waals surface area contributed by atoms with Crippen LogP contribution in [0.3, 0.4) is 0 Å². The molecule has 1 aliphatic heterocycles. The standard InChI is InChI=1S/C13H16FN3O/c14-10-2-3-11-12(8-10)18-13(16-11)9-17-6-1-4-15-5-7-17/h2-3,8,15H,1,4-7,9H2. The van der Waals surface area contributed by atoms with Crippen molar-refractivity contribution in [3.05, 3.63) is 29.9 Å². The summed E-state index contributed by atoms with van der Waals surface area (Å²) in [6.45, 7) is 4.79. The van der Waals surface area contributed by atoms with Gasteiger partial charge < -0.3 is 9.73 Å². The topological polar surface area (TPSA) is 41.3 Å². The van der Waals surface area contributed by atoms with Gasteiger partial charge in [0.05, 0.1) is 6.54 Å². The Hall–Kier alpha value is -1.46. The van der Waals surface area contributed by atoms with Crippen LogP contribution in [-0.4, -0.2) is 36.1 Å². The molecule has 0 spiro atoms. The molecule has 18 heavy (non-hydrogen) atoms. The van der Waals surface area contributed by atoms with E-state index in [1.165, 1.54) is 12.1 Å². The first kappa shape index (κ1) is 11.6. The maximum absolute atomic E-state index is 13.1. The molecule has 1 aliphatic rings. The van der Waals surface area contributed by atoms with Crippen molar-refractivity contribution in [3.63, 3.8) is 0 Å². The number of fused-ring (bicyclic) bond motifs is 1. The minimum absolute atomic E-state index is 0.288. The molecule has 1 fully saturated rings.